The molecule has 5 nitrogen and oxygen atoms in total. The second-order valence-corrected chi connectivity index (χ2v) is 5.97. The number of rotatable bonds is 12. The van der Waals surface area contributed by atoms with Crippen molar-refractivity contribution < 1.29 is 24.8 Å². The number of unbranched alkanes of at least 4 members (excludes halogenated alkanes) is 7. The Morgan fingerprint density at radius 2 is 1.67 bits per heavy atom. The third kappa shape index (κ3) is 7.56. The largest absolute Gasteiger partial charge is 0.388 e. The number of aliphatic hydroxyl groups is 3. The zero-order valence-corrected chi connectivity index (χ0v) is 13.2. The highest BCUT2D eigenvalue weighted by Gasteiger charge is 2.39. The fourth-order valence-corrected chi connectivity index (χ4v) is 2.60. The van der Waals surface area contributed by atoms with E-state index >= 15 is 0 Å². The van der Waals surface area contributed by atoms with Crippen LogP contribution in [0.2, 0.25) is 0 Å². The maximum absolute atomic E-state index is 9.84. The maximum atomic E-state index is 9.84. The third-order valence-electron chi connectivity index (χ3n) is 4.00. The Morgan fingerprint density at radius 1 is 1.05 bits per heavy atom. The lowest BCUT2D eigenvalue weighted by Crippen LogP contribution is -2.40. The van der Waals surface area contributed by atoms with Crippen molar-refractivity contribution in [2.24, 2.45) is 0 Å². The topological polar surface area (TPSA) is 79.2 Å². The Balaban J connectivity index is 1.90. The van der Waals surface area contributed by atoms with Gasteiger partial charge in [0.15, 0.2) is 0 Å². The highest BCUT2D eigenvalue weighted by Crippen LogP contribution is 2.18. The van der Waals surface area contributed by atoms with Crippen LogP contribution >= 0.6 is 0 Å². The smallest absolute Gasteiger partial charge is 0.114 e. The molecule has 0 aromatic heterocycles. The van der Waals surface area contributed by atoms with Crippen LogP contribution in [0.5, 0.6) is 0 Å². The summed E-state index contributed by atoms with van der Waals surface area (Å²) >= 11 is 0. The predicted octanol–water partition coefficient (Wildman–Crippen LogP) is 1.63. The number of hydrogen-bond donors (Lipinski definition) is 3. The first-order valence-electron chi connectivity index (χ1n) is 8.40. The lowest BCUT2D eigenvalue weighted by atomic mass is 10.1. The molecule has 3 N–H and O–H groups in total. The van der Waals surface area contributed by atoms with E-state index in [-0.39, 0.29) is 13.2 Å². The van der Waals surface area contributed by atoms with Crippen LogP contribution in [0.1, 0.15) is 58.3 Å². The molecule has 4 atom stereocenters. The summed E-state index contributed by atoms with van der Waals surface area (Å²) in [6, 6.07) is 0. The quantitative estimate of drug-likeness (QED) is 0.478. The van der Waals surface area contributed by atoms with E-state index in [4.69, 9.17) is 9.47 Å². The summed E-state index contributed by atoms with van der Waals surface area (Å²) in [5.74, 6) is 0. The summed E-state index contributed by atoms with van der Waals surface area (Å²) in [5, 5.41) is 28.8. The Kier molecular flexibility index (Phi) is 10.2. The van der Waals surface area contributed by atoms with E-state index in [0.29, 0.717) is 6.61 Å². The van der Waals surface area contributed by atoms with Crippen molar-refractivity contribution in [1.82, 2.24) is 0 Å². The Bertz CT molecular complexity index is 249. The molecule has 0 amide bonds. The molecule has 0 bridgehead atoms. The van der Waals surface area contributed by atoms with E-state index in [0.717, 1.165) is 12.8 Å². The molecule has 0 radical (unpaired) electrons. The van der Waals surface area contributed by atoms with Crippen LogP contribution in [0.3, 0.4) is 0 Å². The molecule has 0 aromatic carbocycles. The van der Waals surface area contributed by atoms with E-state index in [1.807, 2.05) is 0 Å². The number of aliphatic hydroxyl groups excluding tert-OH is 3. The van der Waals surface area contributed by atoms with E-state index in [1.54, 1.807) is 0 Å². The zero-order valence-electron chi connectivity index (χ0n) is 13.2. The first kappa shape index (κ1) is 18.8. The summed E-state index contributed by atoms with van der Waals surface area (Å²) in [7, 11) is 0. The molecule has 1 saturated heterocycles. The van der Waals surface area contributed by atoms with Crippen molar-refractivity contribution in [3.05, 3.63) is 0 Å². The minimum absolute atomic E-state index is 0.0704. The molecule has 0 aliphatic carbocycles. The first-order valence-corrected chi connectivity index (χ1v) is 8.40. The van der Waals surface area contributed by atoms with Gasteiger partial charge in [0, 0.05) is 6.61 Å². The molecular formula is C16H32O5. The lowest BCUT2D eigenvalue weighted by Gasteiger charge is -2.20. The van der Waals surface area contributed by atoms with Gasteiger partial charge in [0.25, 0.3) is 0 Å². The van der Waals surface area contributed by atoms with Crippen LogP contribution in [-0.4, -0.2) is 59.6 Å². The Hall–Kier alpha value is -0.200. The van der Waals surface area contributed by atoms with Gasteiger partial charge in [-0.2, -0.15) is 0 Å². The monoisotopic (exact) mass is 304 g/mol. The minimum atomic E-state index is -1.02. The fourth-order valence-electron chi connectivity index (χ4n) is 2.60. The molecule has 0 spiro atoms. The SMILES string of the molecule is CCCCCCCCCCOCC(O)C1OC[C@@H](O)C1O. The Morgan fingerprint density at radius 3 is 2.24 bits per heavy atom. The lowest BCUT2D eigenvalue weighted by molar-refractivity contribution is -0.0813. The highest BCUT2D eigenvalue weighted by atomic mass is 16.5. The van der Waals surface area contributed by atoms with E-state index in [1.165, 1.54) is 38.5 Å². The summed E-state index contributed by atoms with van der Waals surface area (Å²) < 4.78 is 10.6. The van der Waals surface area contributed by atoms with E-state index in [2.05, 4.69) is 6.92 Å². The predicted molar refractivity (Wildman–Crippen MR) is 81.2 cm³/mol. The molecule has 3 unspecified atom stereocenters. The molecule has 1 aliphatic heterocycles. The molecule has 126 valence electrons. The molecular weight excluding hydrogens is 272 g/mol. The molecule has 0 aromatic rings. The number of hydrogen-bond acceptors (Lipinski definition) is 5. The van der Waals surface area contributed by atoms with Gasteiger partial charge in [-0.1, -0.05) is 51.9 Å². The molecule has 21 heavy (non-hydrogen) atoms. The summed E-state index contributed by atoms with van der Waals surface area (Å²) in [6.07, 6.45) is 6.43. The fraction of sp³-hybridized carbons (Fsp3) is 1.00. The zero-order chi connectivity index (χ0) is 15.5. The van der Waals surface area contributed by atoms with Gasteiger partial charge in [0.1, 0.15) is 24.4 Å². The molecule has 1 heterocycles. The van der Waals surface area contributed by atoms with Gasteiger partial charge >= 0.3 is 0 Å². The van der Waals surface area contributed by atoms with Crippen molar-refractivity contribution in [3.8, 4) is 0 Å². The van der Waals surface area contributed by atoms with Gasteiger partial charge < -0.3 is 24.8 Å². The second kappa shape index (κ2) is 11.4. The Labute approximate surface area is 128 Å². The van der Waals surface area contributed by atoms with E-state index < -0.39 is 24.4 Å². The van der Waals surface area contributed by atoms with Gasteiger partial charge in [-0.05, 0) is 6.42 Å². The van der Waals surface area contributed by atoms with Gasteiger partial charge in [-0.15, -0.1) is 0 Å². The third-order valence-corrected chi connectivity index (χ3v) is 4.00. The van der Waals surface area contributed by atoms with Crippen LogP contribution in [0.4, 0.5) is 0 Å². The van der Waals surface area contributed by atoms with Gasteiger partial charge in [-0.3, -0.25) is 0 Å². The van der Waals surface area contributed by atoms with Crippen molar-refractivity contribution in [2.45, 2.75) is 82.7 Å². The average molecular weight is 304 g/mol. The summed E-state index contributed by atoms with van der Waals surface area (Å²) in [6.45, 7) is 3.06. The van der Waals surface area contributed by atoms with Crippen LogP contribution in [0.25, 0.3) is 0 Å². The van der Waals surface area contributed by atoms with Crippen molar-refractivity contribution >= 4 is 0 Å². The maximum Gasteiger partial charge on any atom is 0.114 e. The molecule has 1 rings (SSSR count). The highest BCUT2D eigenvalue weighted by molar-refractivity contribution is 4.87. The van der Waals surface area contributed by atoms with Crippen molar-refractivity contribution in [1.29, 1.82) is 0 Å². The number of ether oxygens (including phenoxy) is 2. The summed E-state index contributed by atoms with van der Waals surface area (Å²) in [4.78, 5) is 0. The first-order chi connectivity index (χ1) is 10.2. The minimum Gasteiger partial charge on any atom is -0.388 e. The molecule has 0 saturated carbocycles. The molecule has 1 fully saturated rings. The summed E-state index contributed by atoms with van der Waals surface area (Å²) in [5.41, 5.74) is 0. The molecule has 1 aliphatic rings. The molecule has 5 heteroatoms. The van der Waals surface area contributed by atoms with Crippen LogP contribution in [-0.2, 0) is 9.47 Å². The standard InChI is InChI=1S/C16H32O5/c1-2-3-4-5-6-7-8-9-10-20-11-14(18)16-15(19)13(17)12-21-16/h13-19H,2-12H2,1H3/t13-,14?,15?,16?/m1/s1. The van der Waals surface area contributed by atoms with Crippen molar-refractivity contribution in [3.63, 3.8) is 0 Å². The van der Waals surface area contributed by atoms with Gasteiger partial charge in [0.05, 0.1) is 13.2 Å². The normalized spacial score (nSPS) is 27.1. The van der Waals surface area contributed by atoms with E-state index in [9.17, 15) is 15.3 Å². The average Bonchev–Trinajstić information content (AvgIpc) is 2.81. The second-order valence-electron chi connectivity index (χ2n) is 5.97. The van der Waals surface area contributed by atoms with Crippen LogP contribution in [0.15, 0.2) is 0 Å². The van der Waals surface area contributed by atoms with Crippen LogP contribution < -0.4 is 0 Å². The van der Waals surface area contributed by atoms with Gasteiger partial charge in [0.2, 0.25) is 0 Å². The van der Waals surface area contributed by atoms with Crippen LogP contribution in [0, 0.1) is 0 Å². The van der Waals surface area contributed by atoms with Crippen molar-refractivity contribution in [2.75, 3.05) is 19.8 Å². The van der Waals surface area contributed by atoms with Gasteiger partial charge in [-0.25, -0.2) is 0 Å².